The van der Waals surface area contributed by atoms with Crippen molar-refractivity contribution in [3.63, 3.8) is 0 Å². The van der Waals surface area contributed by atoms with E-state index in [1.807, 2.05) is 6.92 Å². The van der Waals surface area contributed by atoms with Crippen LogP contribution in [0.4, 0.5) is 0 Å². The minimum atomic E-state index is -0.848. The highest BCUT2D eigenvalue weighted by molar-refractivity contribution is 7.09. The molecule has 0 spiro atoms. The van der Waals surface area contributed by atoms with Gasteiger partial charge in [0.05, 0.1) is 5.92 Å². The van der Waals surface area contributed by atoms with Crippen molar-refractivity contribution in [3.05, 3.63) is 16.1 Å². The van der Waals surface area contributed by atoms with Crippen LogP contribution in [0.5, 0.6) is 0 Å². The average molecular weight is 269 g/mol. The standard InChI is InChI=1S/C11H15N3O3S/c1-6-3-14(4-7(6)11(16)17)10(15)8-5-18-9(2-12)13-8/h5-7H,2-4,12H2,1H3,(H,16,17). The Morgan fingerprint density at radius 3 is 2.83 bits per heavy atom. The maximum atomic E-state index is 12.1. The highest BCUT2D eigenvalue weighted by Gasteiger charge is 2.37. The van der Waals surface area contributed by atoms with Crippen molar-refractivity contribution in [3.8, 4) is 0 Å². The van der Waals surface area contributed by atoms with Crippen LogP contribution >= 0.6 is 11.3 Å². The number of thiazole rings is 1. The van der Waals surface area contributed by atoms with Gasteiger partial charge in [0.2, 0.25) is 0 Å². The summed E-state index contributed by atoms with van der Waals surface area (Å²) in [6, 6.07) is 0. The molecule has 2 rings (SSSR count). The van der Waals surface area contributed by atoms with Crippen LogP contribution < -0.4 is 5.73 Å². The topological polar surface area (TPSA) is 96.5 Å². The molecule has 98 valence electrons. The van der Waals surface area contributed by atoms with E-state index in [0.29, 0.717) is 23.8 Å². The number of amides is 1. The number of aliphatic carboxylic acids is 1. The Hall–Kier alpha value is -1.47. The normalized spacial score (nSPS) is 23.3. The second-order valence-corrected chi connectivity index (χ2v) is 5.41. The van der Waals surface area contributed by atoms with E-state index in [4.69, 9.17) is 10.8 Å². The largest absolute Gasteiger partial charge is 0.481 e. The van der Waals surface area contributed by atoms with Crippen LogP contribution in [0.1, 0.15) is 22.4 Å². The zero-order valence-electron chi connectivity index (χ0n) is 10.00. The predicted octanol–water partition coefficient (Wildman–Crippen LogP) is 0.394. The lowest BCUT2D eigenvalue weighted by molar-refractivity contribution is -0.142. The van der Waals surface area contributed by atoms with Crippen LogP contribution in [-0.2, 0) is 11.3 Å². The molecule has 2 atom stereocenters. The molecule has 18 heavy (non-hydrogen) atoms. The summed E-state index contributed by atoms with van der Waals surface area (Å²) in [6.07, 6.45) is 0. The van der Waals surface area contributed by atoms with E-state index < -0.39 is 11.9 Å². The van der Waals surface area contributed by atoms with Crippen LogP contribution in [0, 0.1) is 11.8 Å². The van der Waals surface area contributed by atoms with E-state index in [9.17, 15) is 9.59 Å². The van der Waals surface area contributed by atoms with Crippen LogP contribution in [-0.4, -0.2) is 40.0 Å². The second kappa shape index (κ2) is 5.03. The SMILES string of the molecule is CC1CN(C(=O)c2csc(CN)n2)CC1C(=O)O. The van der Waals surface area contributed by atoms with Gasteiger partial charge in [-0.3, -0.25) is 9.59 Å². The van der Waals surface area contributed by atoms with E-state index in [1.165, 1.54) is 11.3 Å². The predicted molar refractivity (Wildman–Crippen MR) is 66.2 cm³/mol. The summed E-state index contributed by atoms with van der Waals surface area (Å²) in [5.74, 6) is -1.57. The van der Waals surface area contributed by atoms with E-state index >= 15 is 0 Å². The maximum Gasteiger partial charge on any atom is 0.308 e. The summed E-state index contributed by atoms with van der Waals surface area (Å²) >= 11 is 1.34. The lowest BCUT2D eigenvalue weighted by atomic mass is 9.99. The number of carboxylic acids is 1. The third kappa shape index (κ3) is 2.37. The molecule has 6 nitrogen and oxygen atoms in total. The molecule has 7 heteroatoms. The first-order valence-electron chi connectivity index (χ1n) is 5.69. The third-order valence-electron chi connectivity index (χ3n) is 3.16. The van der Waals surface area contributed by atoms with Crippen LogP contribution in [0.25, 0.3) is 0 Å². The fourth-order valence-corrected chi connectivity index (χ4v) is 2.77. The molecule has 0 bridgehead atoms. The molecule has 1 aromatic rings. The fraction of sp³-hybridized carbons (Fsp3) is 0.545. The lowest BCUT2D eigenvalue weighted by Gasteiger charge is -2.13. The number of carbonyl (C=O) groups is 2. The molecule has 0 aromatic carbocycles. The Morgan fingerprint density at radius 2 is 2.33 bits per heavy atom. The van der Waals surface area contributed by atoms with Gasteiger partial charge in [-0.1, -0.05) is 6.92 Å². The second-order valence-electron chi connectivity index (χ2n) is 4.46. The molecule has 1 aromatic heterocycles. The maximum absolute atomic E-state index is 12.1. The molecule has 2 heterocycles. The summed E-state index contributed by atoms with van der Waals surface area (Å²) in [5, 5.41) is 11.4. The zero-order chi connectivity index (χ0) is 13.3. The monoisotopic (exact) mass is 269 g/mol. The van der Waals surface area contributed by atoms with E-state index in [-0.39, 0.29) is 18.4 Å². The Bertz CT molecular complexity index is 474. The van der Waals surface area contributed by atoms with Crippen molar-refractivity contribution in [2.24, 2.45) is 17.6 Å². The number of rotatable bonds is 3. The van der Waals surface area contributed by atoms with Crippen LogP contribution in [0.2, 0.25) is 0 Å². The molecule has 3 N–H and O–H groups in total. The Kier molecular flexibility index (Phi) is 3.63. The van der Waals surface area contributed by atoms with E-state index in [0.717, 1.165) is 0 Å². The highest BCUT2D eigenvalue weighted by atomic mass is 32.1. The molecule has 1 saturated heterocycles. The first-order chi connectivity index (χ1) is 8.52. The zero-order valence-corrected chi connectivity index (χ0v) is 10.8. The molecule has 2 unspecified atom stereocenters. The van der Waals surface area contributed by atoms with Gasteiger partial charge in [0.15, 0.2) is 0 Å². The Balaban J connectivity index is 2.09. The number of hydrogen-bond donors (Lipinski definition) is 2. The van der Waals surface area contributed by atoms with Gasteiger partial charge >= 0.3 is 5.97 Å². The van der Waals surface area contributed by atoms with Crippen molar-refractivity contribution >= 4 is 23.2 Å². The molecule has 0 saturated carbocycles. The number of aromatic nitrogens is 1. The molecule has 1 fully saturated rings. The van der Waals surface area contributed by atoms with E-state index in [1.54, 1.807) is 10.3 Å². The van der Waals surface area contributed by atoms with Crippen LogP contribution in [0.3, 0.4) is 0 Å². The first-order valence-corrected chi connectivity index (χ1v) is 6.57. The smallest absolute Gasteiger partial charge is 0.308 e. The molecule has 1 aliphatic heterocycles. The summed E-state index contributed by atoms with van der Waals surface area (Å²) in [5.41, 5.74) is 5.81. The summed E-state index contributed by atoms with van der Waals surface area (Å²) in [7, 11) is 0. The van der Waals surface area contributed by atoms with Gasteiger partial charge in [0, 0.05) is 25.0 Å². The van der Waals surface area contributed by atoms with Gasteiger partial charge in [-0.2, -0.15) is 0 Å². The van der Waals surface area contributed by atoms with E-state index in [2.05, 4.69) is 4.98 Å². The van der Waals surface area contributed by atoms with Crippen molar-refractivity contribution in [1.29, 1.82) is 0 Å². The van der Waals surface area contributed by atoms with Crippen LogP contribution in [0.15, 0.2) is 5.38 Å². The summed E-state index contributed by atoms with van der Waals surface area (Å²) in [6.45, 7) is 2.88. The van der Waals surface area contributed by atoms with Crippen molar-refractivity contribution in [1.82, 2.24) is 9.88 Å². The minimum absolute atomic E-state index is 0.0286. The van der Waals surface area contributed by atoms with Gasteiger partial charge in [0.25, 0.3) is 5.91 Å². The number of carbonyl (C=O) groups excluding carboxylic acids is 1. The third-order valence-corrected chi connectivity index (χ3v) is 4.03. The van der Waals surface area contributed by atoms with Crippen molar-refractivity contribution < 1.29 is 14.7 Å². The van der Waals surface area contributed by atoms with Gasteiger partial charge in [-0.05, 0) is 5.92 Å². The quantitative estimate of drug-likeness (QED) is 0.827. The Labute approximate surface area is 108 Å². The van der Waals surface area contributed by atoms with Crippen molar-refractivity contribution in [2.75, 3.05) is 13.1 Å². The molecule has 0 radical (unpaired) electrons. The van der Waals surface area contributed by atoms with Gasteiger partial charge in [-0.25, -0.2) is 4.98 Å². The lowest BCUT2D eigenvalue weighted by Crippen LogP contribution is -2.30. The summed E-state index contributed by atoms with van der Waals surface area (Å²) in [4.78, 5) is 28.8. The minimum Gasteiger partial charge on any atom is -0.481 e. The molecule has 1 amide bonds. The number of likely N-dealkylation sites (tertiary alicyclic amines) is 1. The highest BCUT2D eigenvalue weighted by Crippen LogP contribution is 2.25. The number of carboxylic acid groups (broad SMARTS) is 1. The van der Waals surface area contributed by atoms with Gasteiger partial charge in [-0.15, -0.1) is 11.3 Å². The number of hydrogen-bond acceptors (Lipinski definition) is 5. The fourth-order valence-electron chi connectivity index (χ4n) is 2.12. The molecule has 0 aliphatic carbocycles. The summed E-state index contributed by atoms with van der Waals surface area (Å²) < 4.78 is 0. The number of nitrogens with two attached hydrogens (primary N) is 1. The molecular formula is C11H15N3O3S. The molecular weight excluding hydrogens is 254 g/mol. The average Bonchev–Trinajstić information content (AvgIpc) is 2.94. The number of nitrogens with zero attached hydrogens (tertiary/aromatic N) is 2. The van der Waals surface area contributed by atoms with Gasteiger partial charge < -0.3 is 15.7 Å². The Morgan fingerprint density at radius 1 is 1.61 bits per heavy atom. The van der Waals surface area contributed by atoms with Crippen molar-refractivity contribution in [2.45, 2.75) is 13.5 Å². The first kappa shape index (κ1) is 13.0. The molecule has 1 aliphatic rings. The van der Waals surface area contributed by atoms with Gasteiger partial charge in [0.1, 0.15) is 10.7 Å².